The summed E-state index contributed by atoms with van der Waals surface area (Å²) in [6, 6.07) is 10.3. The molecule has 0 spiro atoms. The topological polar surface area (TPSA) is 41.5 Å². The van der Waals surface area contributed by atoms with Crippen molar-refractivity contribution in [2.45, 2.75) is 6.92 Å². The molecule has 1 aromatic heterocycles. The predicted molar refractivity (Wildman–Crippen MR) is 84.2 cm³/mol. The van der Waals surface area contributed by atoms with E-state index in [9.17, 15) is 0 Å². The molecule has 5 nitrogen and oxygen atoms in total. The maximum Gasteiger partial charge on any atom is 0.228 e. The first-order valence-corrected chi connectivity index (χ1v) is 7.20. The summed E-state index contributed by atoms with van der Waals surface area (Å²) >= 11 is 0. The molecule has 5 heteroatoms. The van der Waals surface area contributed by atoms with Gasteiger partial charge in [0.2, 0.25) is 11.8 Å². The van der Waals surface area contributed by atoms with Gasteiger partial charge in [0.25, 0.3) is 0 Å². The number of ether oxygens (including phenoxy) is 1. The van der Waals surface area contributed by atoms with Crippen LogP contribution < -0.4 is 14.5 Å². The fraction of sp³-hybridized carbons (Fsp3) is 0.375. The molecule has 0 N–H and O–H groups in total. The Bertz CT molecular complexity index is 609. The third-order valence-electron chi connectivity index (χ3n) is 3.85. The third-order valence-corrected chi connectivity index (χ3v) is 3.85. The molecule has 1 aliphatic rings. The zero-order chi connectivity index (χ0) is 14.7. The molecule has 2 heterocycles. The highest BCUT2D eigenvalue weighted by molar-refractivity contribution is 5.54. The van der Waals surface area contributed by atoms with Crippen molar-refractivity contribution in [3.8, 4) is 5.88 Å². The van der Waals surface area contributed by atoms with Gasteiger partial charge in [0, 0.05) is 44.1 Å². The first-order chi connectivity index (χ1) is 10.3. The number of nitrogens with zero attached hydrogens (tertiary/aromatic N) is 4. The Balaban J connectivity index is 1.69. The SMILES string of the molecule is COc1ccnc(N2CCN(c3ccccc3C)CC2)n1. The zero-order valence-electron chi connectivity index (χ0n) is 12.5. The minimum Gasteiger partial charge on any atom is -0.481 e. The Kier molecular flexibility index (Phi) is 3.90. The minimum absolute atomic E-state index is 0.612. The molecular weight excluding hydrogens is 264 g/mol. The van der Waals surface area contributed by atoms with E-state index in [1.165, 1.54) is 11.3 Å². The second kappa shape index (κ2) is 5.99. The van der Waals surface area contributed by atoms with Gasteiger partial charge >= 0.3 is 0 Å². The maximum atomic E-state index is 5.16. The Morgan fingerprint density at radius 1 is 1.00 bits per heavy atom. The number of methoxy groups -OCH3 is 1. The Hall–Kier alpha value is -2.30. The summed E-state index contributed by atoms with van der Waals surface area (Å²) in [6.45, 7) is 5.95. The van der Waals surface area contributed by atoms with Crippen LogP contribution in [0.5, 0.6) is 5.88 Å². The fourth-order valence-electron chi connectivity index (χ4n) is 2.66. The van der Waals surface area contributed by atoms with E-state index in [0.717, 1.165) is 32.1 Å². The van der Waals surface area contributed by atoms with Gasteiger partial charge in [-0.1, -0.05) is 18.2 Å². The van der Waals surface area contributed by atoms with E-state index in [-0.39, 0.29) is 0 Å². The molecular formula is C16H20N4O. The van der Waals surface area contributed by atoms with Gasteiger partial charge in [0.05, 0.1) is 7.11 Å². The molecule has 110 valence electrons. The molecule has 3 rings (SSSR count). The van der Waals surface area contributed by atoms with Gasteiger partial charge in [0.1, 0.15) is 0 Å². The number of piperazine rings is 1. The van der Waals surface area contributed by atoms with Crippen molar-refractivity contribution in [1.82, 2.24) is 9.97 Å². The maximum absolute atomic E-state index is 5.16. The fourth-order valence-corrected chi connectivity index (χ4v) is 2.66. The van der Waals surface area contributed by atoms with Crippen LogP contribution in [-0.2, 0) is 0 Å². The smallest absolute Gasteiger partial charge is 0.228 e. The largest absolute Gasteiger partial charge is 0.481 e. The van der Waals surface area contributed by atoms with E-state index in [1.54, 1.807) is 19.4 Å². The first-order valence-electron chi connectivity index (χ1n) is 7.20. The number of rotatable bonds is 3. The monoisotopic (exact) mass is 284 g/mol. The van der Waals surface area contributed by atoms with E-state index in [0.29, 0.717) is 5.88 Å². The Morgan fingerprint density at radius 2 is 1.71 bits per heavy atom. The lowest BCUT2D eigenvalue weighted by molar-refractivity contribution is 0.396. The number of aryl methyl sites for hydroxylation is 1. The van der Waals surface area contributed by atoms with Crippen LogP contribution in [0.4, 0.5) is 11.6 Å². The summed E-state index contributed by atoms with van der Waals surface area (Å²) in [7, 11) is 1.63. The number of hydrogen-bond acceptors (Lipinski definition) is 5. The highest BCUT2D eigenvalue weighted by Crippen LogP contribution is 2.22. The standard InChI is InChI=1S/C16H20N4O/c1-13-5-3-4-6-14(13)19-9-11-20(12-10-19)16-17-8-7-15(18-16)21-2/h3-8H,9-12H2,1-2H3. The quantitative estimate of drug-likeness (QED) is 0.863. The van der Waals surface area contributed by atoms with Crippen LogP contribution in [0.25, 0.3) is 0 Å². The zero-order valence-corrected chi connectivity index (χ0v) is 12.5. The summed E-state index contributed by atoms with van der Waals surface area (Å²) in [5.41, 5.74) is 2.65. The van der Waals surface area contributed by atoms with E-state index >= 15 is 0 Å². The second-order valence-electron chi connectivity index (χ2n) is 5.16. The van der Waals surface area contributed by atoms with Crippen molar-refractivity contribution < 1.29 is 4.74 Å². The van der Waals surface area contributed by atoms with Crippen LogP contribution in [0.15, 0.2) is 36.5 Å². The lowest BCUT2D eigenvalue weighted by Crippen LogP contribution is -2.47. The highest BCUT2D eigenvalue weighted by atomic mass is 16.5. The lowest BCUT2D eigenvalue weighted by atomic mass is 10.1. The molecule has 0 amide bonds. The summed E-state index contributed by atoms with van der Waals surface area (Å²) < 4.78 is 5.16. The van der Waals surface area contributed by atoms with E-state index in [1.807, 2.05) is 0 Å². The van der Waals surface area contributed by atoms with Crippen LogP contribution >= 0.6 is 0 Å². The van der Waals surface area contributed by atoms with Gasteiger partial charge < -0.3 is 14.5 Å². The molecule has 21 heavy (non-hydrogen) atoms. The van der Waals surface area contributed by atoms with Crippen LogP contribution in [0, 0.1) is 6.92 Å². The molecule has 0 atom stereocenters. The van der Waals surface area contributed by atoms with Crippen LogP contribution in [0.2, 0.25) is 0 Å². The van der Waals surface area contributed by atoms with Gasteiger partial charge in [0.15, 0.2) is 0 Å². The molecule has 0 unspecified atom stereocenters. The molecule has 1 aromatic carbocycles. The summed E-state index contributed by atoms with van der Waals surface area (Å²) in [4.78, 5) is 13.4. The second-order valence-corrected chi connectivity index (χ2v) is 5.16. The Labute approximate surface area is 125 Å². The molecule has 1 saturated heterocycles. The lowest BCUT2D eigenvalue weighted by Gasteiger charge is -2.36. The summed E-state index contributed by atoms with van der Waals surface area (Å²) in [6.07, 6.45) is 1.74. The number of aromatic nitrogens is 2. The molecule has 0 bridgehead atoms. The summed E-state index contributed by atoms with van der Waals surface area (Å²) in [5.74, 6) is 1.36. The van der Waals surface area contributed by atoms with E-state index in [4.69, 9.17) is 4.74 Å². The highest BCUT2D eigenvalue weighted by Gasteiger charge is 2.20. The van der Waals surface area contributed by atoms with Crippen LogP contribution in [0.3, 0.4) is 0 Å². The van der Waals surface area contributed by atoms with Crippen molar-refractivity contribution in [2.75, 3.05) is 43.1 Å². The van der Waals surface area contributed by atoms with Crippen molar-refractivity contribution in [1.29, 1.82) is 0 Å². The minimum atomic E-state index is 0.612. The third kappa shape index (κ3) is 2.91. The van der Waals surface area contributed by atoms with Crippen LogP contribution in [-0.4, -0.2) is 43.3 Å². The van der Waals surface area contributed by atoms with E-state index in [2.05, 4.69) is 51.0 Å². The van der Waals surface area contributed by atoms with Crippen LogP contribution in [0.1, 0.15) is 5.56 Å². The predicted octanol–water partition coefficient (Wildman–Crippen LogP) is 2.12. The number of para-hydroxylation sites is 1. The van der Waals surface area contributed by atoms with Crippen molar-refractivity contribution in [3.63, 3.8) is 0 Å². The van der Waals surface area contributed by atoms with Gasteiger partial charge in [-0.05, 0) is 18.6 Å². The van der Waals surface area contributed by atoms with Crippen molar-refractivity contribution >= 4 is 11.6 Å². The molecule has 0 radical (unpaired) electrons. The number of anilines is 2. The van der Waals surface area contributed by atoms with Gasteiger partial charge in [-0.3, -0.25) is 0 Å². The molecule has 1 aliphatic heterocycles. The average Bonchev–Trinajstić information content (AvgIpc) is 2.56. The number of hydrogen-bond donors (Lipinski definition) is 0. The van der Waals surface area contributed by atoms with Gasteiger partial charge in [-0.2, -0.15) is 4.98 Å². The van der Waals surface area contributed by atoms with Gasteiger partial charge in [-0.15, -0.1) is 0 Å². The molecule has 2 aromatic rings. The first kappa shape index (κ1) is 13.7. The van der Waals surface area contributed by atoms with Gasteiger partial charge in [-0.25, -0.2) is 4.98 Å². The summed E-state index contributed by atoms with van der Waals surface area (Å²) in [5, 5.41) is 0. The van der Waals surface area contributed by atoms with Crippen molar-refractivity contribution in [2.24, 2.45) is 0 Å². The normalized spacial score (nSPS) is 15.1. The Morgan fingerprint density at radius 3 is 2.43 bits per heavy atom. The number of benzene rings is 1. The van der Waals surface area contributed by atoms with Crippen molar-refractivity contribution in [3.05, 3.63) is 42.1 Å². The van der Waals surface area contributed by atoms with E-state index < -0.39 is 0 Å². The molecule has 0 saturated carbocycles. The molecule has 1 fully saturated rings. The average molecular weight is 284 g/mol. The molecule has 0 aliphatic carbocycles.